The summed E-state index contributed by atoms with van der Waals surface area (Å²) in [6, 6.07) is 1.41. The van der Waals surface area contributed by atoms with E-state index in [0.717, 1.165) is 44.8 Å². The molecule has 1 heterocycles. The molecule has 1 aliphatic carbocycles. The number of hydrogen-bond donors (Lipinski definition) is 1. The minimum absolute atomic E-state index is 0.530. The Balaban J connectivity index is 1.83. The maximum atomic E-state index is 5.51. The van der Waals surface area contributed by atoms with E-state index in [0.29, 0.717) is 11.5 Å². The van der Waals surface area contributed by atoms with Crippen LogP contribution in [0.3, 0.4) is 0 Å². The minimum Gasteiger partial charge on any atom is -0.379 e. The first-order valence-electron chi connectivity index (χ1n) is 9.01. The highest BCUT2D eigenvalue weighted by Gasteiger charge is 2.29. The first-order chi connectivity index (χ1) is 9.96. The zero-order valence-corrected chi connectivity index (χ0v) is 14.7. The fourth-order valence-corrected chi connectivity index (χ4v) is 4.02. The van der Waals surface area contributed by atoms with Crippen molar-refractivity contribution in [1.29, 1.82) is 0 Å². The quantitative estimate of drug-likeness (QED) is 0.814. The van der Waals surface area contributed by atoms with Gasteiger partial charge in [0.05, 0.1) is 13.2 Å². The van der Waals surface area contributed by atoms with Crippen LogP contribution in [0.15, 0.2) is 0 Å². The summed E-state index contributed by atoms with van der Waals surface area (Å²) in [4.78, 5) is 2.64. The van der Waals surface area contributed by atoms with Crippen molar-refractivity contribution in [2.75, 3.05) is 32.8 Å². The molecular weight excluding hydrogens is 260 g/mol. The lowest BCUT2D eigenvalue weighted by molar-refractivity contribution is 0.0111. The highest BCUT2D eigenvalue weighted by molar-refractivity contribution is 4.85. The molecule has 2 atom stereocenters. The van der Waals surface area contributed by atoms with Gasteiger partial charge in [0.1, 0.15) is 0 Å². The van der Waals surface area contributed by atoms with Crippen LogP contribution in [-0.2, 0) is 4.74 Å². The van der Waals surface area contributed by atoms with E-state index < -0.39 is 0 Å². The maximum absolute atomic E-state index is 5.51. The van der Waals surface area contributed by atoms with Crippen molar-refractivity contribution in [1.82, 2.24) is 10.2 Å². The van der Waals surface area contributed by atoms with Gasteiger partial charge in [-0.2, -0.15) is 0 Å². The molecule has 21 heavy (non-hydrogen) atoms. The molecule has 0 amide bonds. The van der Waals surface area contributed by atoms with Crippen molar-refractivity contribution in [3.63, 3.8) is 0 Å². The van der Waals surface area contributed by atoms with Gasteiger partial charge in [-0.15, -0.1) is 0 Å². The van der Waals surface area contributed by atoms with Gasteiger partial charge in [-0.05, 0) is 37.0 Å². The monoisotopic (exact) mass is 296 g/mol. The van der Waals surface area contributed by atoms with Crippen LogP contribution >= 0.6 is 0 Å². The Labute approximate surface area is 131 Å². The Morgan fingerprint density at radius 1 is 1.24 bits per heavy atom. The molecule has 3 nitrogen and oxygen atoms in total. The average molecular weight is 296 g/mol. The van der Waals surface area contributed by atoms with E-state index in [1.165, 1.54) is 32.1 Å². The summed E-state index contributed by atoms with van der Waals surface area (Å²) in [6.45, 7) is 14.7. The van der Waals surface area contributed by atoms with Crippen LogP contribution in [0.5, 0.6) is 0 Å². The average Bonchev–Trinajstić information content (AvgIpc) is 2.43. The number of ether oxygens (including phenoxy) is 1. The third-order valence-electron chi connectivity index (χ3n) is 5.15. The minimum atomic E-state index is 0.530. The first kappa shape index (κ1) is 17.2. The topological polar surface area (TPSA) is 24.5 Å². The van der Waals surface area contributed by atoms with Crippen LogP contribution in [0, 0.1) is 11.3 Å². The van der Waals surface area contributed by atoms with E-state index in [1.54, 1.807) is 0 Å². The van der Waals surface area contributed by atoms with Crippen LogP contribution < -0.4 is 5.32 Å². The second kappa shape index (κ2) is 7.94. The fourth-order valence-electron chi connectivity index (χ4n) is 4.02. The van der Waals surface area contributed by atoms with Crippen molar-refractivity contribution >= 4 is 0 Å². The summed E-state index contributed by atoms with van der Waals surface area (Å²) >= 11 is 0. The van der Waals surface area contributed by atoms with Crippen LogP contribution in [0.25, 0.3) is 0 Å². The lowest BCUT2D eigenvalue weighted by Crippen LogP contribution is -2.50. The Morgan fingerprint density at radius 2 is 1.95 bits per heavy atom. The van der Waals surface area contributed by atoms with Crippen molar-refractivity contribution in [3.05, 3.63) is 0 Å². The summed E-state index contributed by atoms with van der Waals surface area (Å²) < 4.78 is 5.51. The summed E-state index contributed by atoms with van der Waals surface area (Å²) in [5.41, 5.74) is 0.530. The highest BCUT2D eigenvalue weighted by atomic mass is 16.5. The van der Waals surface area contributed by atoms with E-state index in [2.05, 4.69) is 37.9 Å². The molecule has 2 fully saturated rings. The second-order valence-corrected chi connectivity index (χ2v) is 8.30. The molecule has 0 aromatic carbocycles. The van der Waals surface area contributed by atoms with Crippen LogP contribution in [0.2, 0.25) is 0 Å². The summed E-state index contributed by atoms with van der Waals surface area (Å²) in [7, 11) is 0. The number of nitrogens with one attached hydrogen (secondary N) is 1. The molecule has 2 rings (SSSR count). The molecule has 0 radical (unpaired) electrons. The van der Waals surface area contributed by atoms with Gasteiger partial charge in [-0.3, -0.25) is 4.90 Å². The molecule has 0 spiro atoms. The molecule has 1 saturated carbocycles. The molecule has 0 bridgehead atoms. The molecule has 1 N–H and O–H groups in total. The molecule has 0 aromatic heterocycles. The zero-order valence-electron chi connectivity index (χ0n) is 14.7. The molecule has 1 aliphatic heterocycles. The molecule has 2 aliphatic rings. The number of morpholine rings is 1. The number of rotatable bonds is 6. The summed E-state index contributed by atoms with van der Waals surface area (Å²) in [5.74, 6) is 0.766. The van der Waals surface area contributed by atoms with Crippen molar-refractivity contribution in [2.24, 2.45) is 11.3 Å². The predicted octanol–water partition coefficient (Wildman–Crippen LogP) is 3.29. The Hall–Kier alpha value is -0.120. The maximum Gasteiger partial charge on any atom is 0.0594 e. The van der Waals surface area contributed by atoms with Gasteiger partial charge in [-0.25, -0.2) is 0 Å². The van der Waals surface area contributed by atoms with Gasteiger partial charge in [0.25, 0.3) is 0 Å². The van der Waals surface area contributed by atoms with Crippen LogP contribution in [-0.4, -0.2) is 49.8 Å². The van der Waals surface area contributed by atoms with Gasteiger partial charge in [0.15, 0.2) is 0 Å². The smallest absolute Gasteiger partial charge is 0.0594 e. The third kappa shape index (κ3) is 5.88. The van der Waals surface area contributed by atoms with E-state index in [-0.39, 0.29) is 0 Å². The Morgan fingerprint density at radius 3 is 2.57 bits per heavy atom. The van der Waals surface area contributed by atoms with E-state index in [1.807, 2.05) is 0 Å². The fraction of sp³-hybridized carbons (Fsp3) is 1.00. The molecule has 0 aromatic rings. The summed E-state index contributed by atoms with van der Waals surface area (Å²) in [5, 5.41) is 3.90. The van der Waals surface area contributed by atoms with E-state index in [4.69, 9.17) is 4.74 Å². The van der Waals surface area contributed by atoms with Crippen molar-refractivity contribution in [3.8, 4) is 0 Å². The van der Waals surface area contributed by atoms with E-state index >= 15 is 0 Å². The summed E-state index contributed by atoms with van der Waals surface area (Å²) in [6.07, 6.45) is 6.77. The van der Waals surface area contributed by atoms with Crippen molar-refractivity contribution < 1.29 is 4.74 Å². The van der Waals surface area contributed by atoms with Gasteiger partial charge < -0.3 is 10.1 Å². The Bertz CT molecular complexity index is 298. The lowest BCUT2D eigenvalue weighted by atomic mass is 9.75. The molecular formula is C18H36N2O. The van der Waals surface area contributed by atoms with Gasteiger partial charge in [0.2, 0.25) is 0 Å². The van der Waals surface area contributed by atoms with Gasteiger partial charge in [0, 0.05) is 31.7 Å². The van der Waals surface area contributed by atoms with Crippen LogP contribution in [0.4, 0.5) is 0 Å². The standard InChI is InChI=1S/C18H36N2O/c1-15(2)12-17(20-8-10-21-11-9-20)14-19-16-6-5-7-18(3,4)13-16/h15-17,19H,5-14H2,1-4H3. The number of hydrogen-bond acceptors (Lipinski definition) is 3. The van der Waals surface area contributed by atoms with Gasteiger partial charge in [-0.1, -0.05) is 34.1 Å². The van der Waals surface area contributed by atoms with E-state index in [9.17, 15) is 0 Å². The Kier molecular flexibility index (Phi) is 6.51. The molecule has 1 saturated heterocycles. The highest BCUT2D eigenvalue weighted by Crippen LogP contribution is 2.35. The third-order valence-corrected chi connectivity index (χ3v) is 5.15. The molecule has 124 valence electrons. The largest absolute Gasteiger partial charge is 0.379 e. The first-order valence-corrected chi connectivity index (χ1v) is 9.01. The number of nitrogens with zero attached hydrogens (tertiary/aromatic N) is 1. The van der Waals surface area contributed by atoms with Gasteiger partial charge >= 0.3 is 0 Å². The molecule has 2 unspecified atom stereocenters. The zero-order chi connectivity index (χ0) is 15.3. The SMILES string of the molecule is CC(C)CC(CNC1CCCC(C)(C)C1)N1CCOCC1. The second-order valence-electron chi connectivity index (χ2n) is 8.30. The van der Waals surface area contributed by atoms with Crippen molar-refractivity contribution in [2.45, 2.75) is 71.9 Å². The normalized spacial score (nSPS) is 28.7. The van der Waals surface area contributed by atoms with Crippen LogP contribution in [0.1, 0.15) is 59.8 Å². The molecule has 3 heteroatoms. The lowest BCUT2D eigenvalue weighted by Gasteiger charge is -2.39. The predicted molar refractivity (Wildman–Crippen MR) is 89.7 cm³/mol.